The van der Waals surface area contributed by atoms with Gasteiger partial charge in [-0.2, -0.15) is 0 Å². The van der Waals surface area contributed by atoms with E-state index in [1.165, 1.54) is 173 Å². The van der Waals surface area contributed by atoms with Gasteiger partial charge in [-0.3, -0.25) is 4.79 Å². The minimum atomic E-state index is -1.80. The number of hydrogen-bond acceptors (Lipinski definition) is 13. The van der Waals surface area contributed by atoms with Crippen molar-refractivity contribution in [2.24, 2.45) is 0 Å². The Hall–Kier alpha value is -3.87. The second kappa shape index (κ2) is 67.3. The van der Waals surface area contributed by atoms with Gasteiger partial charge in [0.25, 0.3) is 0 Å². The highest BCUT2D eigenvalue weighted by atomic mass is 16.7. The predicted octanol–water partition coefficient (Wildman–Crippen LogP) is 18.2. The Kier molecular flexibility index (Phi) is 62.0. The number of aliphatic hydroxyl groups excluding tert-OH is 8. The van der Waals surface area contributed by atoms with Crippen molar-refractivity contribution in [2.45, 2.75) is 376 Å². The summed E-state index contributed by atoms with van der Waals surface area (Å²) in [6.45, 7) is 2.69. The minimum absolute atomic E-state index is 0.252. The molecule has 0 spiro atoms. The SMILES string of the molecule is CC/C=C\C/C=C\C/C=C\C/C=C\C/C=C\C/C=C\C/C=C\C/C=C\C/C=C\CCCCCCCCCCCCCCCC(=O)NC(COC1OC(CO)C(OC2OC(CO)C(O)C(O)C2O)C(O)C1O)C(O)/C=C/CC/C=C/CCCCCCCCCCCCCCCCCCCC. The van der Waals surface area contributed by atoms with E-state index in [0.29, 0.717) is 12.8 Å². The maximum absolute atomic E-state index is 13.4. The number of nitrogens with one attached hydrogen (secondary N) is 1. The number of rotatable bonds is 65. The van der Waals surface area contributed by atoms with Crippen molar-refractivity contribution in [3.63, 3.8) is 0 Å². The highest BCUT2D eigenvalue weighted by molar-refractivity contribution is 5.76. The summed E-state index contributed by atoms with van der Waals surface area (Å²) in [6.07, 6.45) is 83.8. The molecule has 0 aromatic heterocycles. The average Bonchev–Trinajstić information content (AvgIpc) is 0.799. The van der Waals surface area contributed by atoms with Crippen LogP contribution in [-0.2, 0) is 23.7 Å². The lowest BCUT2D eigenvalue weighted by atomic mass is 9.97. The maximum atomic E-state index is 13.4. The van der Waals surface area contributed by atoms with Gasteiger partial charge in [0.1, 0.15) is 48.8 Å². The Morgan fingerprint density at radius 3 is 1.11 bits per heavy atom. The van der Waals surface area contributed by atoms with Crippen LogP contribution in [0.4, 0.5) is 0 Å². The van der Waals surface area contributed by atoms with Gasteiger partial charge in [-0.05, 0) is 103 Å². The third-order valence-electron chi connectivity index (χ3n) is 18.6. The first-order valence-corrected chi connectivity index (χ1v) is 39.9. The summed E-state index contributed by atoms with van der Waals surface area (Å²) in [5.74, 6) is -0.252. The van der Waals surface area contributed by atoms with Crippen LogP contribution >= 0.6 is 0 Å². The largest absolute Gasteiger partial charge is 0.394 e. The smallest absolute Gasteiger partial charge is 0.220 e. The molecule has 0 bridgehead atoms. The Morgan fingerprint density at radius 2 is 0.707 bits per heavy atom. The fraction of sp³-hybridized carbons (Fsp3) is 0.729. The van der Waals surface area contributed by atoms with Crippen LogP contribution in [0, 0.1) is 0 Å². The van der Waals surface area contributed by atoms with Crippen molar-refractivity contribution in [3.8, 4) is 0 Å². The van der Waals surface area contributed by atoms with Crippen molar-refractivity contribution in [1.29, 1.82) is 0 Å². The van der Waals surface area contributed by atoms with Crippen LogP contribution in [0.1, 0.15) is 303 Å². The fourth-order valence-electron chi connectivity index (χ4n) is 12.3. The third-order valence-corrected chi connectivity index (χ3v) is 18.6. The standard InChI is InChI=1S/C85H145NO13/c1-3-5-7-9-11-13-15-17-19-21-23-25-27-29-30-31-32-33-34-35-36-37-38-39-40-41-42-43-44-45-47-49-51-53-55-57-59-61-63-65-67-69-77(90)86-73(72-96-84-82(95)80(93)83(76(71-88)98-84)99-85-81(94)79(92)78(91)75(70-87)97-85)74(89)68-66-64-62-60-58-56-54-52-50-48-46-28-26-24-22-20-18-16-14-12-10-8-6-4-2/h5,7,11,13,17,19,23,25,29-30,32-33,35-36,38-39,41-42,58,60,66,68,73-76,78-85,87-89,91-95H,3-4,6,8-10,12,14-16,18,20-22,24,26-28,31,34,37,40,43-57,59,61-65,67,69-72H2,1-2H3,(H,86,90)/b7-5-,13-11-,19-17-,25-23-,30-29-,33-32-,36-35-,39-38-,42-41-,60-58+,68-66+. The average molecular weight is 1390 g/mol. The molecular weight excluding hydrogens is 1240 g/mol. The number of hydrogen-bond donors (Lipinski definition) is 9. The van der Waals surface area contributed by atoms with Crippen LogP contribution in [0.5, 0.6) is 0 Å². The highest BCUT2D eigenvalue weighted by Gasteiger charge is 2.51. The minimum Gasteiger partial charge on any atom is -0.394 e. The van der Waals surface area contributed by atoms with Crippen LogP contribution in [-0.4, -0.2) is 140 Å². The molecule has 14 nitrogen and oxygen atoms in total. The van der Waals surface area contributed by atoms with E-state index < -0.39 is 86.8 Å². The highest BCUT2D eigenvalue weighted by Crippen LogP contribution is 2.30. The molecule has 2 fully saturated rings. The van der Waals surface area contributed by atoms with Gasteiger partial charge in [-0.15, -0.1) is 0 Å². The van der Waals surface area contributed by atoms with Crippen LogP contribution in [0.2, 0.25) is 0 Å². The fourth-order valence-corrected chi connectivity index (χ4v) is 12.3. The Bertz CT molecular complexity index is 2180. The van der Waals surface area contributed by atoms with Gasteiger partial charge in [-0.1, -0.05) is 327 Å². The van der Waals surface area contributed by atoms with Gasteiger partial charge in [0.15, 0.2) is 12.6 Å². The number of carbonyl (C=O) groups is 1. The summed E-state index contributed by atoms with van der Waals surface area (Å²) in [7, 11) is 0. The predicted molar refractivity (Wildman–Crippen MR) is 410 cm³/mol. The second-order valence-corrected chi connectivity index (χ2v) is 27.4. The number of ether oxygens (including phenoxy) is 4. The molecule has 12 atom stereocenters. The van der Waals surface area contributed by atoms with Crippen molar-refractivity contribution >= 4 is 5.91 Å². The molecule has 9 N–H and O–H groups in total. The van der Waals surface area contributed by atoms with Crippen LogP contribution < -0.4 is 5.32 Å². The molecule has 0 aromatic rings. The number of carbonyl (C=O) groups excluding carboxylic acids is 1. The first-order chi connectivity index (χ1) is 48.6. The molecule has 2 heterocycles. The van der Waals surface area contributed by atoms with E-state index in [1.54, 1.807) is 6.08 Å². The van der Waals surface area contributed by atoms with Crippen molar-refractivity contribution < 1.29 is 64.6 Å². The second-order valence-electron chi connectivity index (χ2n) is 27.4. The van der Waals surface area contributed by atoms with Gasteiger partial charge >= 0.3 is 0 Å². The van der Waals surface area contributed by atoms with Gasteiger partial charge in [0.2, 0.25) is 5.91 Å². The Balaban J connectivity index is 1.62. The van der Waals surface area contributed by atoms with Crippen LogP contribution in [0.15, 0.2) is 134 Å². The summed E-state index contributed by atoms with van der Waals surface area (Å²) < 4.78 is 22.9. The monoisotopic (exact) mass is 1390 g/mol. The number of allylic oxidation sites excluding steroid dienone is 21. The molecule has 568 valence electrons. The number of aliphatic hydroxyl groups is 8. The summed E-state index contributed by atoms with van der Waals surface area (Å²) >= 11 is 0. The quantitative estimate of drug-likeness (QED) is 0.0204. The molecule has 14 heteroatoms. The van der Waals surface area contributed by atoms with E-state index in [4.69, 9.17) is 18.9 Å². The molecule has 0 saturated carbocycles. The van der Waals surface area contributed by atoms with Crippen molar-refractivity contribution in [2.75, 3.05) is 19.8 Å². The van der Waals surface area contributed by atoms with E-state index in [0.717, 1.165) is 96.3 Å². The topological polar surface area (TPSA) is 228 Å². The first kappa shape index (κ1) is 91.2. The molecule has 0 aromatic carbocycles. The van der Waals surface area contributed by atoms with Crippen molar-refractivity contribution in [3.05, 3.63) is 134 Å². The van der Waals surface area contributed by atoms with E-state index in [9.17, 15) is 45.6 Å². The molecule has 0 radical (unpaired) electrons. The zero-order chi connectivity index (χ0) is 71.5. The zero-order valence-corrected chi connectivity index (χ0v) is 62.2. The van der Waals surface area contributed by atoms with E-state index in [2.05, 4.69) is 141 Å². The molecular formula is C85H145NO13. The molecule has 1 amide bonds. The Labute approximate surface area is 602 Å². The summed E-state index contributed by atoms with van der Waals surface area (Å²) in [5, 5.41) is 87.6. The maximum Gasteiger partial charge on any atom is 0.220 e. The summed E-state index contributed by atoms with van der Waals surface area (Å²) in [5.41, 5.74) is 0. The van der Waals surface area contributed by atoms with Gasteiger partial charge in [0, 0.05) is 6.42 Å². The Morgan fingerprint density at radius 1 is 0.374 bits per heavy atom. The third kappa shape index (κ3) is 50.2. The lowest BCUT2D eigenvalue weighted by molar-refractivity contribution is -0.359. The van der Waals surface area contributed by atoms with Gasteiger partial charge in [-0.25, -0.2) is 0 Å². The number of unbranched alkanes of at least 4 members (excludes halogenated alkanes) is 32. The van der Waals surface area contributed by atoms with Crippen LogP contribution in [0.25, 0.3) is 0 Å². The molecule has 0 aliphatic carbocycles. The first-order valence-electron chi connectivity index (χ1n) is 39.9. The van der Waals surface area contributed by atoms with Gasteiger partial charge in [0.05, 0.1) is 32.0 Å². The van der Waals surface area contributed by atoms with E-state index in [-0.39, 0.29) is 18.9 Å². The molecule has 2 aliphatic rings. The van der Waals surface area contributed by atoms with E-state index >= 15 is 0 Å². The molecule has 12 unspecified atom stereocenters. The zero-order valence-electron chi connectivity index (χ0n) is 62.2. The van der Waals surface area contributed by atoms with Crippen molar-refractivity contribution in [1.82, 2.24) is 5.32 Å². The molecule has 99 heavy (non-hydrogen) atoms. The van der Waals surface area contributed by atoms with Gasteiger partial charge < -0.3 is 65.1 Å². The molecule has 2 rings (SSSR count). The lowest BCUT2D eigenvalue weighted by Crippen LogP contribution is -2.65. The lowest BCUT2D eigenvalue weighted by Gasteiger charge is -2.46. The molecule has 2 saturated heterocycles. The van der Waals surface area contributed by atoms with Crippen LogP contribution in [0.3, 0.4) is 0 Å². The summed E-state index contributed by atoms with van der Waals surface area (Å²) in [4.78, 5) is 13.4. The summed E-state index contributed by atoms with van der Waals surface area (Å²) in [6, 6.07) is -0.942. The molecule has 2 aliphatic heterocycles. The number of amides is 1. The van der Waals surface area contributed by atoms with E-state index in [1.807, 2.05) is 6.08 Å². The normalized spacial score (nSPS) is 22.7.